The summed E-state index contributed by atoms with van der Waals surface area (Å²) >= 11 is 0. The van der Waals surface area contributed by atoms with Crippen LogP contribution in [0.15, 0.2) is 36.4 Å². The summed E-state index contributed by atoms with van der Waals surface area (Å²) in [6.45, 7) is -0.460. The third-order valence-electron chi connectivity index (χ3n) is 5.84. The Morgan fingerprint density at radius 1 is 0.929 bits per heavy atom. The molecule has 1 aliphatic carbocycles. The SMILES string of the molecule is COc1ccc(Cc2ccc3c(c2)CC3)cc1[C@@H]1O[C@H](CO)[C@@H](O)[C@H](O)[C@H]1O. The standard InChI is InChI=1S/C22H26O6/c1-27-17-7-3-13(8-12-2-4-14-5-6-15(14)9-12)10-16(17)22-21(26)20(25)19(24)18(11-23)28-22/h2-4,7,9-10,18-26H,5-6,8,11H2,1H3/t18-,19-,20+,21-,22+/m1/s1. The van der Waals surface area contributed by atoms with Crippen LogP contribution < -0.4 is 4.74 Å². The molecule has 0 amide bonds. The van der Waals surface area contributed by atoms with Gasteiger partial charge in [0.25, 0.3) is 0 Å². The van der Waals surface area contributed by atoms with Gasteiger partial charge in [-0.2, -0.15) is 0 Å². The zero-order chi connectivity index (χ0) is 19.8. The Morgan fingerprint density at radius 2 is 1.64 bits per heavy atom. The summed E-state index contributed by atoms with van der Waals surface area (Å²) in [6.07, 6.45) is -3.00. The van der Waals surface area contributed by atoms with E-state index in [9.17, 15) is 20.4 Å². The third kappa shape index (κ3) is 3.43. The molecule has 1 heterocycles. The smallest absolute Gasteiger partial charge is 0.124 e. The molecule has 0 unspecified atom stereocenters. The number of aliphatic hydroxyl groups is 4. The molecule has 2 aromatic carbocycles. The molecule has 0 bridgehead atoms. The molecule has 0 saturated carbocycles. The average Bonchev–Trinajstić information content (AvgIpc) is 2.68. The summed E-state index contributed by atoms with van der Waals surface area (Å²) in [7, 11) is 1.53. The molecule has 4 N–H and O–H groups in total. The Bertz CT molecular complexity index is 849. The molecule has 4 rings (SSSR count). The van der Waals surface area contributed by atoms with Crippen molar-refractivity contribution >= 4 is 0 Å². The van der Waals surface area contributed by atoms with Crippen LogP contribution in [0.3, 0.4) is 0 Å². The lowest BCUT2D eigenvalue weighted by Gasteiger charge is -2.40. The van der Waals surface area contributed by atoms with Crippen LogP contribution >= 0.6 is 0 Å². The van der Waals surface area contributed by atoms with E-state index in [1.165, 1.54) is 23.8 Å². The van der Waals surface area contributed by atoms with Crippen molar-refractivity contribution in [3.8, 4) is 5.75 Å². The Kier molecular flexibility index (Phi) is 5.40. The molecular weight excluding hydrogens is 360 g/mol. The summed E-state index contributed by atoms with van der Waals surface area (Å²) < 4.78 is 11.1. The first-order chi connectivity index (χ1) is 13.5. The number of hydrogen-bond donors (Lipinski definition) is 4. The minimum atomic E-state index is -1.42. The van der Waals surface area contributed by atoms with Crippen LogP contribution in [0.25, 0.3) is 0 Å². The lowest BCUT2D eigenvalue weighted by Crippen LogP contribution is -2.55. The van der Waals surface area contributed by atoms with E-state index in [1.54, 1.807) is 0 Å². The lowest BCUT2D eigenvalue weighted by molar-refractivity contribution is -0.232. The maximum absolute atomic E-state index is 10.5. The maximum atomic E-state index is 10.5. The molecular formula is C22H26O6. The Hall–Kier alpha value is -1.96. The zero-order valence-electron chi connectivity index (χ0n) is 15.8. The number of ether oxygens (including phenoxy) is 2. The normalized spacial score (nSPS) is 29.1. The van der Waals surface area contributed by atoms with Gasteiger partial charge < -0.3 is 29.9 Å². The van der Waals surface area contributed by atoms with Gasteiger partial charge in [0.15, 0.2) is 0 Å². The predicted octanol–water partition coefficient (Wildman–Crippen LogP) is 0.899. The fourth-order valence-corrected chi connectivity index (χ4v) is 4.07. The van der Waals surface area contributed by atoms with Crippen molar-refractivity contribution in [3.05, 3.63) is 64.2 Å². The van der Waals surface area contributed by atoms with Crippen LogP contribution in [0, 0.1) is 0 Å². The number of benzene rings is 2. The number of methoxy groups -OCH3 is 1. The monoisotopic (exact) mass is 386 g/mol. The minimum Gasteiger partial charge on any atom is -0.496 e. The Morgan fingerprint density at radius 3 is 2.29 bits per heavy atom. The Balaban J connectivity index is 1.63. The van der Waals surface area contributed by atoms with Crippen molar-refractivity contribution in [2.24, 2.45) is 0 Å². The van der Waals surface area contributed by atoms with Gasteiger partial charge in [0.2, 0.25) is 0 Å². The van der Waals surface area contributed by atoms with Crippen LogP contribution in [-0.2, 0) is 24.0 Å². The van der Waals surface area contributed by atoms with E-state index < -0.39 is 37.1 Å². The van der Waals surface area contributed by atoms with E-state index in [-0.39, 0.29) is 0 Å². The third-order valence-corrected chi connectivity index (χ3v) is 5.84. The van der Waals surface area contributed by atoms with Crippen LogP contribution in [0.4, 0.5) is 0 Å². The van der Waals surface area contributed by atoms with Crippen LogP contribution in [0.5, 0.6) is 5.75 Å². The van der Waals surface area contributed by atoms with E-state index in [1.807, 2.05) is 18.2 Å². The van der Waals surface area contributed by atoms with E-state index in [2.05, 4.69) is 18.2 Å². The summed E-state index contributed by atoms with van der Waals surface area (Å²) in [6, 6.07) is 12.2. The highest BCUT2D eigenvalue weighted by atomic mass is 16.5. The number of aryl methyl sites for hydroxylation is 2. The topological polar surface area (TPSA) is 99.4 Å². The fourth-order valence-electron chi connectivity index (χ4n) is 4.07. The second-order valence-corrected chi connectivity index (χ2v) is 7.61. The van der Waals surface area contributed by atoms with Gasteiger partial charge in [-0.1, -0.05) is 24.3 Å². The number of rotatable bonds is 5. The van der Waals surface area contributed by atoms with Crippen molar-refractivity contribution in [2.45, 2.75) is 49.8 Å². The highest BCUT2D eigenvalue weighted by molar-refractivity contribution is 5.44. The van der Waals surface area contributed by atoms with Crippen molar-refractivity contribution in [2.75, 3.05) is 13.7 Å². The molecule has 6 heteroatoms. The first-order valence-corrected chi connectivity index (χ1v) is 9.60. The number of aliphatic hydroxyl groups excluding tert-OH is 4. The molecule has 2 aromatic rings. The lowest BCUT2D eigenvalue weighted by atomic mass is 9.86. The van der Waals surface area contributed by atoms with Gasteiger partial charge in [-0.05, 0) is 53.6 Å². The minimum absolute atomic E-state index is 0.460. The van der Waals surface area contributed by atoms with Crippen molar-refractivity contribution in [1.29, 1.82) is 0 Å². The average molecular weight is 386 g/mol. The van der Waals surface area contributed by atoms with Gasteiger partial charge in [-0.3, -0.25) is 0 Å². The summed E-state index contributed by atoms with van der Waals surface area (Å²) in [4.78, 5) is 0. The molecule has 1 saturated heterocycles. The van der Waals surface area contributed by atoms with Crippen molar-refractivity contribution in [1.82, 2.24) is 0 Å². The van der Waals surface area contributed by atoms with Gasteiger partial charge in [0.1, 0.15) is 36.3 Å². The molecule has 0 spiro atoms. The van der Waals surface area contributed by atoms with Crippen LogP contribution in [-0.4, -0.2) is 58.6 Å². The summed E-state index contributed by atoms with van der Waals surface area (Å²) in [5.74, 6) is 0.519. The number of fused-ring (bicyclic) bond motifs is 1. The number of hydrogen-bond acceptors (Lipinski definition) is 6. The van der Waals surface area contributed by atoms with Crippen molar-refractivity contribution < 1.29 is 29.9 Å². The molecule has 28 heavy (non-hydrogen) atoms. The first-order valence-electron chi connectivity index (χ1n) is 9.60. The molecule has 5 atom stereocenters. The molecule has 0 aromatic heterocycles. The van der Waals surface area contributed by atoms with E-state index >= 15 is 0 Å². The molecule has 0 radical (unpaired) electrons. The Labute approximate surface area is 164 Å². The molecule has 150 valence electrons. The van der Waals surface area contributed by atoms with Gasteiger partial charge in [0.05, 0.1) is 13.7 Å². The van der Waals surface area contributed by atoms with Crippen molar-refractivity contribution in [3.63, 3.8) is 0 Å². The van der Waals surface area contributed by atoms with Gasteiger partial charge in [-0.15, -0.1) is 0 Å². The highest BCUT2D eigenvalue weighted by Gasteiger charge is 2.44. The van der Waals surface area contributed by atoms with Crippen LogP contribution in [0.2, 0.25) is 0 Å². The summed E-state index contributed by atoms with van der Waals surface area (Å²) in [5.41, 5.74) is 5.64. The molecule has 2 aliphatic rings. The zero-order valence-corrected chi connectivity index (χ0v) is 15.8. The molecule has 1 aliphatic heterocycles. The van der Waals surface area contributed by atoms with E-state index in [4.69, 9.17) is 9.47 Å². The quantitative estimate of drug-likeness (QED) is 0.609. The molecule has 6 nitrogen and oxygen atoms in total. The second kappa shape index (κ2) is 7.81. The maximum Gasteiger partial charge on any atom is 0.124 e. The van der Waals surface area contributed by atoms with Crippen LogP contribution in [0.1, 0.15) is 33.9 Å². The van der Waals surface area contributed by atoms with Gasteiger partial charge in [0, 0.05) is 5.56 Å². The molecule has 1 fully saturated rings. The largest absolute Gasteiger partial charge is 0.496 e. The van der Waals surface area contributed by atoms with E-state index in [0.29, 0.717) is 11.3 Å². The van der Waals surface area contributed by atoms with Gasteiger partial charge >= 0.3 is 0 Å². The van der Waals surface area contributed by atoms with Gasteiger partial charge in [-0.25, -0.2) is 0 Å². The second-order valence-electron chi connectivity index (χ2n) is 7.61. The highest BCUT2D eigenvalue weighted by Crippen LogP contribution is 2.37. The first kappa shape index (κ1) is 19.4. The van der Waals surface area contributed by atoms with E-state index in [0.717, 1.165) is 24.8 Å². The predicted molar refractivity (Wildman–Crippen MR) is 102 cm³/mol. The summed E-state index contributed by atoms with van der Waals surface area (Å²) in [5, 5.41) is 40.1. The fraction of sp³-hybridized carbons (Fsp3) is 0.455.